The second-order valence-electron chi connectivity index (χ2n) is 8.62. The quantitative estimate of drug-likeness (QED) is 0.168. The summed E-state index contributed by atoms with van der Waals surface area (Å²) in [6.45, 7) is 4.90. The standard InChI is InChI=1S/C27H25ClN6O4S/c1-3-33(11-6-12-34-26(37)18-7-4-5-8-19(18)27(34)38)17-9-10-21(22(13-17)30-16(2)36)31-32-25-20(14-29)24(28)23(15-35)39-25/h4-5,7-10,13,15,31-32H,3,6,11-12H2,1-2H3,(H,30,36). The number of rotatable bonds is 11. The zero-order valence-corrected chi connectivity index (χ0v) is 22.8. The van der Waals surface area contributed by atoms with Gasteiger partial charge >= 0.3 is 0 Å². The predicted molar refractivity (Wildman–Crippen MR) is 152 cm³/mol. The summed E-state index contributed by atoms with van der Waals surface area (Å²) in [6.07, 6.45) is 1.15. The molecule has 39 heavy (non-hydrogen) atoms. The van der Waals surface area contributed by atoms with Gasteiger partial charge < -0.3 is 10.2 Å². The maximum absolute atomic E-state index is 12.6. The molecular weight excluding hydrogens is 540 g/mol. The molecule has 12 heteroatoms. The van der Waals surface area contributed by atoms with Gasteiger partial charge in [-0.3, -0.25) is 34.9 Å². The van der Waals surface area contributed by atoms with E-state index in [0.717, 1.165) is 17.0 Å². The van der Waals surface area contributed by atoms with Crippen molar-refractivity contribution in [1.29, 1.82) is 5.26 Å². The molecule has 0 spiro atoms. The number of carbonyl (C=O) groups excluding carboxylic acids is 4. The number of anilines is 4. The molecule has 0 saturated heterocycles. The van der Waals surface area contributed by atoms with E-state index in [2.05, 4.69) is 21.1 Å². The summed E-state index contributed by atoms with van der Waals surface area (Å²) in [5.74, 6) is -0.827. The molecule has 1 aromatic heterocycles. The topological polar surface area (TPSA) is 135 Å². The number of hydrogen-bond acceptors (Lipinski definition) is 9. The van der Waals surface area contributed by atoms with E-state index in [1.807, 2.05) is 19.1 Å². The molecular formula is C27H25ClN6O4S. The van der Waals surface area contributed by atoms with Crippen LogP contribution in [0.15, 0.2) is 42.5 Å². The minimum Gasteiger partial charge on any atom is -0.372 e. The van der Waals surface area contributed by atoms with E-state index >= 15 is 0 Å². The molecule has 1 aliphatic heterocycles. The van der Waals surface area contributed by atoms with Crippen molar-refractivity contribution < 1.29 is 19.2 Å². The minimum atomic E-state index is -0.277. The molecule has 0 saturated carbocycles. The molecule has 2 heterocycles. The number of carbonyl (C=O) groups is 4. The monoisotopic (exact) mass is 564 g/mol. The van der Waals surface area contributed by atoms with Crippen LogP contribution in [-0.4, -0.2) is 48.5 Å². The lowest BCUT2D eigenvalue weighted by Crippen LogP contribution is -2.33. The van der Waals surface area contributed by atoms with Crippen LogP contribution in [0.4, 0.5) is 22.1 Å². The Morgan fingerprint density at radius 2 is 1.82 bits per heavy atom. The number of imide groups is 1. The van der Waals surface area contributed by atoms with Crippen LogP contribution >= 0.6 is 22.9 Å². The number of benzene rings is 2. The second kappa shape index (κ2) is 12.0. The van der Waals surface area contributed by atoms with Crippen LogP contribution in [0.3, 0.4) is 0 Å². The van der Waals surface area contributed by atoms with Gasteiger partial charge in [-0.15, -0.1) is 11.3 Å². The van der Waals surface area contributed by atoms with E-state index in [1.165, 1.54) is 11.8 Å². The van der Waals surface area contributed by atoms with Gasteiger partial charge in [0.1, 0.15) is 16.6 Å². The maximum atomic E-state index is 12.6. The smallest absolute Gasteiger partial charge is 0.261 e. The fourth-order valence-corrected chi connectivity index (χ4v) is 5.44. The lowest BCUT2D eigenvalue weighted by molar-refractivity contribution is -0.114. The van der Waals surface area contributed by atoms with Gasteiger partial charge in [0.2, 0.25) is 5.91 Å². The first kappa shape index (κ1) is 27.6. The molecule has 0 fully saturated rings. The maximum Gasteiger partial charge on any atom is 0.261 e. The van der Waals surface area contributed by atoms with Gasteiger partial charge in [0.25, 0.3) is 11.8 Å². The Morgan fingerprint density at radius 1 is 1.13 bits per heavy atom. The highest BCUT2D eigenvalue weighted by Crippen LogP contribution is 2.36. The van der Waals surface area contributed by atoms with Crippen LogP contribution < -0.4 is 21.1 Å². The normalized spacial score (nSPS) is 12.1. The number of nitrogens with one attached hydrogen (secondary N) is 3. The summed E-state index contributed by atoms with van der Waals surface area (Å²) in [5.41, 5.74) is 8.73. The summed E-state index contributed by atoms with van der Waals surface area (Å²) in [5, 5.41) is 12.7. The molecule has 0 unspecified atom stereocenters. The highest BCUT2D eigenvalue weighted by Gasteiger charge is 2.34. The van der Waals surface area contributed by atoms with Crippen molar-refractivity contribution in [2.24, 2.45) is 0 Å². The van der Waals surface area contributed by atoms with Crippen LogP contribution in [0, 0.1) is 11.3 Å². The summed E-state index contributed by atoms with van der Waals surface area (Å²) in [6, 6.07) is 14.2. The van der Waals surface area contributed by atoms with E-state index in [0.29, 0.717) is 59.8 Å². The Kier molecular flexibility index (Phi) is 8.49. The highest BCUT2D eigenvalue weighted by atomic mass is 35.5. The van der Waals surface area contributed by atoms with E-state index in [4.69, 9.17) is 11.6 Å². The molecule has 3 aromatic rings. The molecule has 3 N–H and O–H groups in total. The number of amides is 3. The van der Waals surface area contributed by atoms with Crippen LogP contribution in [0.2, 0.25) is 5.02 Å². The number of nitriles is 1. The van der Waals surface area contributed by atoms with Crippen LogP contribution in [-0.2, 0) is 4.79 Å². The summed E-state index contributed by atoms with van der Waals surface area (Å²) in [4.78, 5) is 52.0. The first-order valence-electron chi connectivity index (χ1n) is 12.1. The number of halogens is 1. The largest absolute Gasteiger partial charge is 0.372 e. The van der Waals surface area contributed by atoms with Gasteiger partial charge in [-0.25, -0.2) is 0 Å². The number of hydrogen-bond donors (Lipinski definition) is 3. The molecule has 0 radical (unpaired) electrons. The van der Waals surface area contributed by atoms with Gasteiger partial charge in [-0.1, -0.05) is 23.7 Å². The zero-order chi connectivity index (χ0) is 28.1. The Morgan fingerprint density at radius 3 is 2.41 bits per heavy atom. The first-order chi connectivity index (χ1) is 18.8. The Labute approximate surface area is 234 Å². The van der Waals surface area contributed by atoms with Gasteiger partial charge in [0, 0.05) is 32.2 Å². The first-order valence-corrected chi connectivity index (χ1v) is 13.3. The lowest BCUT2D eigenvalue weighted by Gasteiger charge is -2.26. The summed E-state index contributed by atoms with van der Waals surface area (Å²) < 4.78 is 0. The fraction of sp³-hybridized carbons (Fsp3) is 0.222. The number of nitrogens with zero attached hydrogens (tertiary/aromatic N) is 3. The molecule has 0 bridgehead atoms. The van der Waals surface area contributed by atoms with E-state index in [1.54, 1.807) is 36.4 Å². The van der Waals surface area contributed by atoms with E-state index < -0.39 is 0 Å². The Balaban J connectivity index is 1.46. The third-order valence-corrected chi connectivity index (χ3v) is 7.69. The third-order valence-electron chi connectivity index (χ3n) is 6.15. The third kappa shape index (κ3) is 5.72. The fourth-order valence-electron chi connectivity index (χ4n) is 4.28. The average Bonchev–Trinajstić information content (AvgIpc) is 3.37. The Bertz CT molecular complexity index is 1460. The molecule has 4 rings (SSSR count). The van der Waals surface area contributed by atoms with Crippen LogP contribution in [0.1, 0.15) is 56.2 Å². The minimum absolute atomic E-state index is 0.0824. The average molecular weight is 565 g/mol. The number of fused-ring (bicyclic) bond motifs is 1. The van der Waals surface area contributed by atoms with Crippen molar-refractivity contribution in [3.05, 3.63) is 69.1 Å². The van der Waals surface area contributed by atoms with Crippen LogP contribution in [0.25, 0.3) is 0 Å². The predicted octanol–water partition coefficient (Wildman–Crippen LogP) is 5.00. The molecule has 2 aromatic carbocycles. The van der Waals surface area contributed by atoms with Crippen molar-refractivity contribution in [2.45, 2.75) is 20.3 Å². The van der Waals surface area contributed by atoms with Crippen molar-refractivity contribution in [2.75, 3.05) is 40.7 Å². The number of hydrazine groups is 1. The van der Waals surface area contributed by atoms with Crippen molar-refractivity contribution >= 4 is 69.0 Å². The van der Waals surface area contributed by atoms with Crippen molar-refractivity contribution in [3.63, 3.8) is 0 Å². The molecule has 3 amide bonds. The SMILES string of the molecule is CCN(CCCN1C(=O)c2ccccc2C1=O)c1ccc(NNc2sc(C=O)c(Cl)c2C#N)c(NC(C)=O)c1. The number of aldehydes is 1. The highest BCUT2D eigenvalue weighted by molar-refractivity contribution is 7.18. The molecule has 200 valence electrons. The summed E-state index contributed by atoms with van der Waals surface area (Å²) in [7, 11) is 0. The second-order valence-corrected chi connectivity index (χ2v) is 10.0. The zero-order valence-electron chi connectivity index (χ0n) is 21.2. The van der Waals surface area contributed by atoms with Gasteiger partial charge in [-0.2, -0.15) is 5.26 Å². The van der Waals surface area contributed by atoms with Crippen molar-refractivity contribution in [3.8, 4) is 6.07 Å². The molecule has 0 aliphatic carbocycles. The molecule has 0 atom stereocenters. The van der Waals surface area contributed by atoms with Gasteiger partial charge in [-0.05, 0) is 43.7 Å². The summed E-state index contributed by atoms with van der Waals surface area (Å²) >= 11 is 7.13. The molecule has 10 nitrogen and oxygen atoms in total. The van der Waals surface area contributed by atoms with Gasteiger partial charge in [0.15, 0.2) is 6.29 Å². The molecule has 1 aliphatic rings. The van der Waals surface area contributed by atoms with Gasteiger partial charge in [0.05, 0.1) is 32.4 Å². The number of thiophene rings is 1. The van der Waals surface area contributed by atoms with Crippen LogP contribution in [0.5, 0.6) is 0 Å². The lowest BCUT2D eigenvalue weighted by atomic mass is 10.1. The van der Waals surface area contributed by atoms with Crippen molar-refractivity contribution in [1.82, 2.24) is 4.90 Å². The van der Waals surface area contributed by atoms with E-state index in [9.17, 15) is 24.4 Å². The Hall–Kier alpha value is -4.40. The van der Waals surface area contributed by atoms with E-state index in [-0.39, 0.29) is 33.2 Å².